The monoisotopic (exact) mass is 297 g/mol. The Hall–Kier alpha value is -2.96. The molecule has 112 valence electrons. The summed E-state index contributed by atoms with van der Waals surface area (Å²) >= 11 is 0. The molecular weight excluding hydrogens is 282 g/mol. The third-order valence-electron chi connectivity index (χ3n) is 3.24. The van der Waals surface area contributed by atoms with Gasteiger partial charge in [0.05, 0.1) is 0 Å². The van der Waals surface area contributed by atoms with Crippen LogP contribution in [0.2, 0.25) is 0 Å². The van der Waals surface area contributed by atoms with E-state index in [4.69, 9.17) is 4.52 Å². The maximum Gasteiger partial charge on any atom is 0.258 e. The molecular formula is C15H15N5O2. The van der Waals surface area contributed by atoms with Crippen molar-refractivity contribution in [1.82, 2.24) is 19.7 Å². The Morgan fingerprint density at radius 2 is 2.00 bits per heavy atom. The summed E-state index contributed by atoms with van der Waals surface area (Å²) in [5, 5.41) is 3.94. The molecule has 3 aromatic heterocycles. The molecule has 0 atom stereocenters. The molecule has 0 radical (unpaired) electrons. The molecule has 0 N–H and O–H groups in total. The first-order chi connectivity index (χ1) is 10.5. The number of pyridine rings is 2. The van der Waals surface area contributed by atoms with Gasteiger partial charge in [-0.3, -0.25) is 4.79 Å². The summed E-state index contributed by atoms with van der Waals surface area (Å²) in [5.74, 6) is 1.59. The number of anilines is 1. The maximum absolute atomic E-state index is 11.6. The average molecular weight is 297 g/mol. The fourth-order valence-corrected chi connectivity index (χ4v) is 1.92. The van der Waals surface area contributed by atoms with E-state index in [-0.39, 0.29) is 5.56 Å². The second-order valence-electron chi connectivity index (χ2n) is 5.09. The minimum atomic E-state index is -0.130. The van der Waals surface area contributed by atoms with Crippen molar-refractivity contribution in [2.75, 3.05) is 19.0 Å². The number of aryl methyl sites for hydroxylation is 1. The Labute approximate surface area is 126 Å². The second-order valence-corrected chi connectivity index (χ2v) is 5.09. The van der Waals surface area contributed by atoms with E-state index in [9.17, 15) is 4.79 Å². The Balaban J connectivity index is 1.93. The number of hydrogen-bond donors (Lipinski definition) is 0. The SMILES string of the molecule is CN(C)c1ccc(-c2noc(-c3ccn(C)c(=O)c3)n2)cn1. The zero-order valence-corrected chi connectivity index (χ0v) is 12.5. The fourth-order valence-electron chi connectivity index (χ4n) is 1.92. The van der Waals surface area contributed by atoms with Crippen LogP contribution < -0.4 is 10.5 Å². The summed E-state index contributed by atoms with van der Waals surface area (Å²) in [6.45, 7) is 0. The lowest BCUT2D eigenvalue weighted by molar-refractivity contribution is 0.432. The Morgan fingerprint density at radius 1 is 1.18 bits per heavy atom. The quantitative estimate of drug-likeness (QED) is 0.730. The van der Waals surface area contributed by atoms with Gasteiger partial charge in [0.1, 0.15) is 5.82 Å². The second kappa shape index (κ2) is 5.44. The van der Waals surface area contributed by atoms with E-state index >= 15 is 0 Å². The van der Waals surface area contributed by atoms with Crippen LogP contribution in [0.25, 0.3) is 22.8 Å². The molecule has 0 spiro atoms. The third kappa shape index (κ3) is 2.60. The highest BCUT2D eigenvalue weighted by atomic mass is 16.5. The topological polar surface area (TPSA) is 77.0 Å². The van der Waals surface area contributed by atoms with Gasteiger partial charge in [-0.15, -0.1) is 0 Å². The minimum Gasteiger partial charge on any atom is -0.363 e. The molecule has 0 saturated heterocycles. The van der Waals surface area contributed by atoms with Crippen LogP contribution in [0.3, 0.4) is 0 Å². The van der Waals surface area contributed by atoms with E-state index in [0.29, 0.717) is 17.3 Å². The molecule has 0 aromatic carbocycles. The predicted molar refractivity (Wildman–Crippen MR) is 82.5 cm³/mol. The molecule has 0 fully saturated rings. The summed E-state index contributed by atoms with van der Waals surface area (Å²) in [6, 6.07) is 6.97. The summed E-state index contributed by atoms with van der Waals surface area (Å²) < 4.78 is 6.71. The molecule has 22 heavy (non-hydrogen) atoms. The van der Waals surface area contributed by atoms with Crippen LogP contribution in [0, 0.1) is 0 Å². The molecule has 0 bridgehead atoms. The van der Waals surface area contributed by atoms with Gasteiger partial charge in [-0.1, -0.05) is 5.16 Å². The van der Waals surface area contributed by atoms with Gasteiger partial charge >= 0.3 is 0 Å². The fraction of sp³-hybridized carbons (Fsp3) is 0.200. The third-order valence-corrected chi connectivity index (χ3v) is 3.24. The van der Waals surface area contributed by atoms with Crippen LogP contribution in [-0.4, -0.2) is 33.8 Å². The normalized spacial score (nSPS) is 10.7. The zero-order valence-electron chi connectivity index (χ0n) is 12.5. The lowest BCUT2D eigenvalue weighted by Crippen LogP contribution is -2.14. The molecule has 0 unspecified atom stereocenters. The highest BCUT2D eigenvalue weighted by molar-refractivity contribution is 5.59. The molecule has 0 aliphatic rings. The van der Waals surface area contributed by atoms with Crippen molar-refractivity contribution in [3.8, 4) is 22.8 Å². The molecule has 0 aliphatic heterocycles. The van der Waals surface area contributed by atoms with E-state index in [1.165, 1.54) is 10.6 Å². The van der Waals surface area contributed by atoms with Crippen LogP contribution in [0.15, 0.2) is 46.0 Å². The minimum absolute atomic E-state index is 0.130. The van der Waals surface area contributed by atoms with Gasteiger partial charge in [0, 0.05) is 50.7 Å². The first kappa shape index (κ1) is 14.0. The molecule has 3 aromatic rings. The van der Waals surface area contributed by atoms with Crippen LogP contribution >= 0.6 is 0 Å². The van der Waals surface area contributed by atoms with Gasteiger partial charge in [-0.05, 0) is 18.2 Å². The molecule has 3 rings (SSSR count). The van der Waals surface area contributed by atoms with Crippen molar-refractivity contribution >= 4 is 5.82 Å². The first-order valence-corrected chi connectivity index (χ1v) is 6.69. The average Bonchev–Trinajstić information content (AvgIpc) is 3.00. The standard InChI is InChI=1S/C15H15N5O2/c1-19(2)12-5-4-11(9-16-12)14-17-15(22-18-14)10-6-7-20(3)13(21)8-10/h4-9H,1-3H3. The molecule has 7 heteroatoms. The molecule has 7 nitrogen and oxygen atoms in total. The lowest BCUT2D eigenvalue weighted by atomic mass is 10.2. The van der Waals surface area contributed by atoms with Gasteiger partial charge in [0.15, 0.2) is 0 Å². The summed E-state index contributed by atoms with van der Waals surface area (Å²) in [4.78, 5) is 22.2. The van der Waals surface area contributed by atoms with E-state index < -0.39 is 0 Å². The number of nitrogens with zero attached hydrogens (tertiary/aromatic N) is 5. The van der Waals surface area contributed by atoms with E-state index in [1.54, 1.807) is 25.5 Å². The summed E-state index contributed by atoms with van der Waals surface area (Å²) in [6.07, 6.45) is 3.35. The van der Waals surface area contributed by atoms with Crippen molar-refractivity contribution < 1.29 is 4.52 Å². The van der Waals surface area contributed by atoms with Gasteiger partial charge in [-0.2, -0.15) is 4.98 Å². The number of aromatic nitrogens is 4. The smallest absolute Gasteiger partial charge is 0.258 e. The van der Waals surface area contributed by atoms with Crippen molar-refractivity contribution in [3.63, 3.8) is 0 Å². The highest BCUT2D eigenvalue weighted by Crippen LogP contribution is 2.21. The van der Waals surface area contributed by atoms with Gasteiger partial charge < -0.3 is 14.0 Å². The van der Waals surface area contributed by atoms with Gasteiger partial charge in [0.25, 0.3) is 11.4 Å². The Kier molecular flexibility index (Phi) is 3.46. The molecule has 0 amide bonds. The zero-order chi connectivity index (χ0) is 15.7. The number of hydrogen-bond acceptors (Lipinski definition) is 6. The van der Waals surface area contributed by atoms with Crippen molar-refractivity contribution in [3.05, 3.63) is 47.0 Å². The van der Waals surface area contributed by atoms with Crippen molar-refractivity contribution in [2.45, 2.75) is 0 Å². The van der Waals surface area contributed by atoms with E-state index in [0.717, 1.165) is 11.4 Å². The first-order valence-electron chi connectivity index (χ1n) is 6.69. The lowest BCUT2D eigenvalue weighted by Gasteiger charge is -2.10. The van der Waals surface area contributed by atoms with Crippen LogP contribution in [0.5, 0.6) is 0 Å². The predicted octanol–water partition coefficient (Wildman–Crippen LogP) is 1.56. The highest BCUT2D eigenvalue weighted by Gasteiger charge is 2.12. The van der Waals surface area contributed by atoms with E-state index in [1.807, 2.05) is 31.1 Å². The Bertz CT molecular complexity index is 849. The number of rotatable bonds is 3. The molecule has 3 heterocycles. The Morgan fingerprint density at radius 3 is 2.64 bits per heavy atom. The maximum atomic E-state index is 11.6. The molecule has 0 aliphatic carbocycles. The van der Waals surface area contributed by atoms with Gasteiger partial charge in [0.2, 0.25) is 5.82 Å². The van der Waals surface area contributed by atoms with Crippen molar-refractivity contribution in [1.29, 1.82) is 0 Å². The van der Waals surface area contributed by atoms with Crippen LogP contribution in [0.4, 0.5) is 5.82 Å². The van der Waals surface area contributed by atoms with Crippen molar-refractivity contribution in [2.24, 2.45) is 7.05 Å². The summed E-state index contributed by atoms with van der Waals surface area (Å²) in [7, 11) is 5.53. The van der Waals surface area contributed by atoms with E-state index in [2.05, 4.69) is 15.1 Å². The largest absolute Gasteiger partial charge is 0.363 e. The summed E-state index contributed by atoms with van der Waals surface area (Å²) in [5.41, 5.74) is 1.22. The molecule has 0 saturated carbocycles. The van der Waals surface area contributed by atoms with Gasteiger partial charge in [-0.25, -0.2) is 4.98 Å². The van der Waals surface area contributed by atoms with Crippen LogP contribution in [-0.2, 0) is 7.05 Å². The van der Waals surface area contributed by atoms with Crippen LogP contribution in [0.1, 0.15) is 0 Å².